The van der Waals surface area contributed by atoms with Gasteiger partial charge < -0.3 is 20.9 Å². The normalized spacial score (nSPS) is 17.3. The number of likely N-dealkylation sites (N-methyl/N-ethyl adjacent to an activating group) is 1. The van der Waals surface area contributed by atoms with Crippen molar-refractivity contribution in [1.82, 2.24) is 20.9 Å². The summed E-state index contributed by atoms with van der Waals surface area (Å²) in [5.41, 5.74) is 1.55. The molecule has 126 valence electrons. The van der Waals surface area contributed by atoms with Gasteiger partial charge in [0.25, 0.3) is 5.91 Å². The van der Waals surface area contributed by atoms with Crippen molar-refractivity contribution in [2.45, 2.75) is 25.4 Å². The first-order valence-electron chi connectivity index (χ1n) is 8.09. The van der Waals surface area contributed by atoms with Gasteiger partial charge in [0, 0.05) is 25.2 Å². The van der Waals surface area contributed by atoms with Crippen molar-refractivity contribution in [2.75, 3.05) is 33.7 Å². The summed E-state index contributed by atoms with van der Waals surface area (Å²) in [6.07, 6.45) is 1.93. The summed E-state index contributed by atoms with van der Waals surface area (Å²) in [5, 5.41) is 8.99. The van der Waals surface area contributed by atoms with Crippen LogP contribution in [0.2, 0.25) is 0 Å². The third kappa shape index (κ3) is 5.65. The zero-order valence-corrected chi connectivity index (χ0v) is 13.9. The summed E-state index contributed by atoms with van der Waals surface area (Å²) >= 11 is 0. The molecule has 0 saturated carbocycles. The van der Waals surface area contributed by atoms with E-state index in [1.54, 1.807) is 6.07 Å². The van der Waals surface area contributed by atoms with Gasteiger partial charge in [0.15, 0.2) is 0 Å². The molecule has 6 nitrogen and oxygen atoms in total. The summed E-state index contributed by atoms with van der Waals surface area (Å²) in [4.78, 5) is 26.1. The molecule has 1 aromatic carbocycles. The fraction of sp³-hybridized carbons (Fsp3) is 0.529. The Morgan fingerprint density at radius 3 is 2.83 bits per heavy atom. The van der Waals surface area contributed by atoms with E-state index in [4.69, 9.17) is 0 Å². The molecule has 1 heterocycles. The fourth-order valence-corrected chi connectivity index (χ4v) is 2.54. The van der Waals surface area contributed by atoms with Crippen molar-refractivity contribution in [3.63, 3.8) is 0 Å². The Labute approximate surface area is 137 Å². The average molecular weight is 318 g/mol. The highest BCUT2D eigenvalue weighted by Crippen LogP contribution is 2.07. The topological polar surface area (TPSA) is 73.5 Å². The SMILES string of the molecule is CN(C)CCNC(=O)c1cccc(CNC(=O)C2CCCN2)c1. The van der Waals surface area contributed by atoms with E-state index in [0.29, 0.717) is 18.7 Å². The van der Waals surface area contributed by atoms with Gasteiger partial charge in [0.05, 0.1) is 6.04 Å². The molecule has 1 aliphatic rings. The van der Waals surface area contributed by atoms with Gasteiger partial charge in [-0.3, -0.25) is 9.59 Å². The lowest BCUT2D eigenvalue weighted by Gasteiger charge is -2.12. The second-order valence-corrected chi connectivity index (χ2v) is 6.13. The third-order valence-electron chi connectivity index (χ3n) is 3.88. The number of nitrogens with one attached hydrogen (secondary N) is 3. The van der Waals surface area contributed by atoms with Crippen molar-refractivity contribution in [3.05, 3.63) is 35.4 Å². The van der Waals surface area contributed by atoms with E-state index < -0.39 is 0 Å². The smallest absolute Gasteiger partial charge is 0.251 e. The minimum absolute atomic E-state index is 0.0309. The van der Waals surface area contributed by atoms with Crippen LogP contribution in [0.25, 0.3) is 0 Å². The number of hydrogen-bond donors (Lipinski definition) is 3. The lowest BCUT2D eigenvalue weighted by Crippen LogP contribution is -2.40. The summed E-state index contributed by atoms with van der Waals surface area (Å²) in [6, 6.07) is 7.30. The molecule has 1 aromatic rings. The molecule has 0 radical (unpaired) electrons. The van der Waals surface area contributed by atoms with Gasteiger partial charge in [0.1, 0.15) is 0 Å². The van der Waals surface area contributed by atoms with Crippen LogP contribution < -0.4 is 16.0 Å². The zero-order valence-electron chi connectivity index (χ0n) is 13.9. The predicted molar refractivity (Wildman–Crippen MR) is 90.2 cm³/mol. The Hall–Kier alpha value is -1.92. The molecule has 23 heavy (non-hydrogen) atoms. The average Bonchev–Trinajstić information content (AvgIpc) is 3.07. The molecule has 0 spiro atoms. The molecule has 1 atom stereocenters. The van der Waals surface area contributed by atoms with Crippen LogP contribution in [0.3, 0.4) is 0 Å². The van der Waals surface area contributed by atoms with Crippen molar-refractivity contribution in [1.29, 1.82) is 0 Å². The maximum Gasteiger partial charge on any atom is 0.251 e. The fourth-order valence-electron chi connectivity index (χ4n) is 2.54. The molecule has 6 heteroatoms. The first-order valence-corrected chi connectivity index (χ1v) is 8.09. The summed E-state index contributed by atoms with van der Waals surface area (Å²) < 4.78 is 0. The number of amides is 2. The van der Waals surface area contributed by atoms with Gasteiger partial charge in [-0.25, -0.2) is 0 Å². The Bertz CT molecular complexity index is 539. The highest BCUT2D eigenvalue weighted by atomic mass is 16.2. The van der Waals surface area contributed by atoms with Crippen LogP contribution in [0, 0.1) is 0 Å². The molecule has 0 aliphatic carbocycles. The maximum atomic E-state index is 12.1. The van der Waals surface area contributed by atoms with Crippen LogP contribution in [0.4, 0.5) is 0 Å². The standard InChI is InChI=1S/C17H26N4O2/c1-21(2)10-9-19-16(22)14-6-3-5-13(11-14)12-20-17(23)15-7-4-8-18-15/h3,5-6,11,15,18H,4,7-10,12H2,1-2H3,(H,19,22)(H,20,23). The number of benzene rings is 1. The molecule has 3 N–H and O–H groups in total. The minimum atomic E-state index is -0.0857. The van der Waals surface area contributed by atoms with E-state index in [9.17, 15) is 9.59 Å². The van der Waals surface area contributed by atoms with Crippen molar-refractivity contribution >= 4 is 11.8 Å². The van der Waals surface area contributed by atoms with E-state index in [-0.39, 0.29) is 17.9 Å². The van der Waals surface area contributed by atoms with Gasteiger partial charge in [0.2, 0.25) is 5.91 Å². The Balaban J connectivity index is 1.83. The molecule has 0 aromatic heterocycles. The van der Waals surface area contributed by atoms with Gasteiger partial charge in [-0.05, 0) is 51.2 Å². The lowest BCUT2D eigenvalue weighted by molar-refractivity contribution is -0.122. The van der Waals surface area contributed by atoms with Crippen LogP contribution in [-0.2, 0) is 11.3 Å². The van der Waals surface area contributed by atoms with Gasteiger partial charge >= 0.3 is 0 Å². The largest absolute Gasteiger partial charge is 0.351 e. The number of carbonyl (C=O) groups is 2. The van der Waals surface area contributed by atoms with E-state index in [1.807, 2.05) is 37.2 Å². The van der Waals surface area contributed by atoms with Gasteiger partial charge in [-0.15, -0.1) is 0 Å². The molecular formula is C17H26N4O2. The first-order chi connectivity index (χ1) is 11.1. The van der Waals surface area contributed by atoms with Crippen molar-refractivity contribution in [3.8, 4) is 0 Å². The number of nitrogens with zero attached hydrogens (tertiary/aromatic N) is 1. The molecule has 1 unspecified atom stereocenters. The predicted octanol–water partition coefficient (Wildman–Crippen LogP) is 0.346. The van der Waals surface area contributed by atoms with E-state index in [1.165, 1.54) is 0 Å². The van der Waals surface area contributed by atoms with Crippen molar-refractivity contribution in [2.24, 2.45) is 0 Å². The highest BCUT2D eigenvalue weighted by Gasteiger charge is 2.21. The molecule has 1 aliphatic heterocycles. The second-order valence-electron chi connectivity index (χ2n) is 6.13. The summed E-state index contributed by atoms with van der Waals surface area (Å²) in [6.45, 7) is 2.76. The number of hydrogen-bond acceptors (Lipinski definition) is 4. The third-order valence-corrected chi connectivity index (χ3v) is 3.88. The molecule has 2 amide bonds. The van der Waals surface area contributed by atoms with Crippen molar-refractivity contribution < 1.29 is 9.59 Å². The maximum absolute atomic E-state index is 12.1. The highest BCUT2D eigenvalue weighted by molar-refractivity contribution is 5.94. The van der Waals surface area contributed by atoms with Crippen LogP contribution in [0.1, 0.15) is 28.8 Å². The monoisotopic (exact) mass is 318 g/mol. The van der Waals surface area contributed by atoms with Crippen LogP contribution in [0.15, 0.2) is 24.3 Å². The molecule has 1 saturated heterocycles. The Morgan fingerprint density at radius 1 is 1.30 bits per heavy atom. The van der Waals surface area contributed by atoms with Crippen LogP contribution in [0.5, 0.6) is 0 Å². The van der Waals surface area contributed by atoms with E-state index in [2.05, 4.69) is 16.0 Å². The quantitative estimate of drug-likeness (QED) is 0.678. The first kappa shape index (κ1) is 17.4. The Kier molecular flexibility index (Phi) is 6.55. The summed E-state index contributed by atoms with van der Waals surface area (Å²) in [7, 11) is 3.93. The minimum Gasteiger partial charge on any atom is -0.351 e. The molecule has 1 fully saturated rings. The molecule has 0 bridgehead atoms. The lowest BCUT2D eigenvalue weighted by atomic mass is 10.1. The number of carbonyl (C=O) groups excluding carboxylic acids is 2. The zero-order chi connectivity index (χ0) is 16.7. The van der Waals surface area contributed by atoms with E-state index in [0.717, 1.165) is 31.5 Å². The Morgan fingerprint density at radius 2 is 2.13 bits per heavy atom. The summed E-state index contributed by atoms with van der Waals surface area (Å²) in [5.74, 6) is -0.0548. The number of rotatable bonds is 7. The van der Waals surface area contributed by atoms with E-state index >= 15 is 0 Å². The van der Waals surface area contributed by atoms with Crippen LogP contribution in [-0.4, -0.2) is 56.5 Å². The molecule has 2 rings (SSSR count). The van der Waals surface area contributed by atoms with Gasteiger partial charge in [-0.1, -0.05) is 12.1 Å². The molecular weight excluding hydrogens is 292 g/mol. The van der Waals surface area contributed by atoms with Crippen LogP contribution >= 0.6 is 0 Å². The van der Waals surface area contributed by atoms with Gasteiger partial charge in [-0.2, -0.15) is 0 Å². The second kappa shape index (κ2) is 8.64.